The Morgan fingerprint density at radius 1 is 0.370 bits per heavy atom. The SMILES string of the molecule is CCCCCCCCCCCCCCCCNS(=O)(=O)c1ccc2c(c1)C(=O)c1cc(S(=O)(=O)NCCCCCCCCCCCCCCCC)ccc1-2. The van der Waals surface area contributed by atoms with E-state index in [0.29, 0.717) is 24.2 Å². The number of hydrogen-bond acceptors (Lipinski definition) is 5. The van der Waals surface area contributed by atoms with E-state index in [2.05, 4.69) is 23.3 Å². The largest absolute Gasteiger partial charge is 0.289 e. The van der Waals surface area contributed by atoms with Crippen molar-refractivity contribution in [2.24, 2.45) is 0 Å². The maximum Gasteiger partial charge on any atom is 0.240 e. The van der Waals surface area contributed by atoms with Crippen LogP contribution < -0.4 is 9.44 Å². The highest BCUT2D eigenvalue weighted by Crippen LogP contribution is 2.38. The Morgan fingerprint density at radius 3 is 0.907 bits per heavy atom. The molecule has 0 saturated carbocycles. The summed E-state index contributed by atoms with van der Waals surface area (Å²) < 4.78 is 57.8. The van der Waals surface area contributed by atoms with E-state index in [1.807, 2.05) is 0 Å². The molecule has 0 aliphatic heterocycles. The molecule has 2 N–H and O–H groups in total. The van der Waals surface area contributed by atoms with Crippen molar-refractivity contribution in [1.82, 2.24) is 9.44 Å². The summed E-state index contributed by atoms with van der Waals surface area (Å²) >= 11 is 0. The Hall–Kier alpha value is -2.07. The van der Waals surface area contributed by atoms with Gasteiger partial charge in [-0.25, -0.2) is 26.3 Å². The molecule has 7 nitrogen and oxygen atoms in total. The molecule has 0 aromatic heterocycles. The zero-order chi connectivity index (χ0) is 38.9. The van der Waals surface area contributed by atoms with E-state index >= 15 is 0 Å². The number of unbranched alkanes of at least 4 members (excludes halogenated alkanes) is 26. The van der Waals surface area contributed by atoms with Crippen molar-refractivity contribution in [3.05, 3.63) is 47.5 Å². The first-order chi connectivity index (χ1) is 26.2. The van der Waals surface area contributed by atoms with Gasteiger partial charge < -0.3 is 0 Å². The average Bonchev–Trinajstić information content (AvgIpc) is 3.45. The van der Waals surface area contributed by atoms with Crippen LogP contribution in [0.4, 0.5) is 0 Å². The molecule has 2 aromatic rings. The highest BCUT2D eigenvalue weighted by atomic mass is 32.2. The fourth-order valence-corrected chi connectivity index (χ4v) is 9.79. The molecule has 0 bridgehead atoms. The second kappa shape index (κ2) is 26.7. The number of carbonyl (C=O) groups is 1. The molecule has 306 valence electrons. The molecule has 0 amide bonds. The van der Waals surface area contributed by atoms with Gasteiger partial charge >= 0.3 is 0 Å². The Labute approximate surface area is 330 Å². The van der Waals surface area contributed by atoms with Gasteiger partial charge in [-0.2, -0.15) is 0 Å². The second-order valence-corrected chi connectivity index (χ2v) is 19.3. The Morgan fingerprint density at radius 2 is 0.630 bits per heavy atom. The number of rotatable bonds is 34. The number of nitrogens with one attached hydrogen (secondary N) is 2. The molecule has 0 atom stereocenters. The summed E-state index contributed by atoms with van der Waals surface area (Å²) in [6, 6.07) is 9.21. The van der Waals surface area contributed by atoms with Crippen molar-refractivity contribution < 1.29 is 21.6 Å². The maximum absolute atomic E-state index is 13.4. The molecule has 9 heteroatoms. The van der Waals surface area contributed by atoms with Gasteiger partial charge in [0.1, 0.15) is 0 Å². The Balaban J connectivity index is 1.32. The van der Waals surface area contributed by atoms with Crippen molar-refractivity contribution in [1.29, 1.82) is 0 Å². The van der Waals surface area contributed by atoms with Crippen molar-refractivity contribution in [3.63, 3.8) is 0 Å². The molecular weight excluding hydrogens is 713 g/mol. The normalized spacial score (nSPS) is 12.7. The predicted octanol–water partition coefficient (Wildman–Crippen LogP) is 12.4. The van der Waals surface area contributed by atoms with Gasteiger partial charge in [0.05, 0.1) is 9.79 Å². The van der Waals surface area contributed by atoms with E-state index in [1.165, 1.54) is 166 Å². The average molecular weight is 787 g/mol. The zero-order valence-corrected chi connectivity index (χ0v) is 35.7. The van der Waals surface area contributed by atoms with E-state index in [1.54, 1.807) is 12.1 Å². The lowest BCUT2D eigenvalue weighted by Crippen LogP contribution is -2.25. The molecule has 0 saturated heterocycles. The van der Waals surface area contributed by atoms with Crippen LogP contribution in [0.15, 0.2) is 46.2 Å². The lowest BCUT2D eigenvalue weighted by atomic mass is 10.0. The molecule has 0 fully saturated rings. The van der Waals surface area contributed by atoms with E-state index in [0.717, 1.165) is 38.5 Å². The van der Waals surface area contributed by atoms with Crippen LogP contribution in [0.2, 0.25) is 0 Å². The first-order valence-corrected chi connectivity index (χ1v) is 25.0. The quantitative estimate of drug-likeness (QED) is 0.0586. The van der Waals surface area contributed by atoms with Crippen LogP contribution in [0.3, 0.4) is 0 Å². The molecule has 3 rings (SSSR count). The first kappa shape index (κ1) is 46.3. The highest BCUT2D eigenvalue weighted by Gasteiger charge is 2.30. The van der Waals surface area contributed by atoms with Crippen molar-refractivity contribution in [3.8, 4) is 11.1 Å². The van der Waals surface area contributed by atoms with Gasteiger partial charge in [0.15, 0.2) is 5.78 Å². The van der Waals surface area contributed by atoms with Crippen molar-refractivity contribution in [2.75, 3.05) is 13.1 Å². The predicted molar refractivity (Wildman–Crippen MR) is 226 cm³/mol. The standard InChI is InChI=1S/C45H74N2O5S2/c1-3-5-7-9-11-13-15-17-19-21-23-25-27-29-35-46-53(49,50)39-31-33-41-42-34-32-40(38-44(42)45(48)43(41)37-39)54(51,52)47-36-30-28-26-24-22-20-18-16-14-12-10-8-6-4-2/h31-34,37-38,46-47H,3-30,35-36H2,1-2H3. The molecule has 0 unspecified atom stereocenters. The van der Waals surface area contributed by atoms with E-state index in [-0.39, 0.29) is 26.7 Å². The summed E-state index contributed by atoms with van der Waals surface area (Å²) in [6.07, 6.45) is 34.8. The first-order valence-electron chi connectivity index (χ1n) is 22.0. The van der Waals surface area contributed by atoms with Crippen LogP contribution in [0, 0.1) is 0 Å². The van der Waals surface area contributed by atoms with Gasteiger partial charge in [-0.15, -0.1) is 0 Å². The van der Waals surface area contributed by atoms with E-state index in [9.17, 15) is 21.6 Å². The molecule has 0 radical (unpaired) electrons. The monoisotopic (exact) mass is 787 g/mol. The minimum Gasteiger partial charge on any atom is -0.289 e. The fraction of sp³-hybridized carbons (Fsp3) is 0.711. The van der Waals surface area contributed by atoms with E-state index in [4.69, 9.17) is 0 Å². The van der Waals surface area contributed by atoms with Gasteiger partial charge in [-0.1, -0.05) is 193 Å². The lowest BCUT2D eigenvalue weighted by Gasteiger charge is -2.09. The van der Waals surface area contributed by atoms with Crippen LogP contribution in [-0.2, 0) is 20.0 Å². The third-order valence-corrected chi connectivity index (χ3v) is 13.9. The van der Waals surface area contributed by atoms with E-state index < -0.39 is 20.0 Å². The van der Waals surface area contributed by atoms with Crippen LogP contribution in [-0.4, -0.2) is 35.7 Å². The van der Waals surface area contributed by atoms with Crippen molar-refractivity contribution >= 4 is 25.8 Å². The molecule has 54 heavy (non-hydrogen) atoms. The Kier molecular flexibility index (Phi) is 22.9. The maximum atomic E-state index is 13.4. The molecular formula is C45H74N2O5S2. The number of hydrogen-bond donors (Lipinski definition) is 2. The summed E-state index contributed by atoms with van der Waals surface area (Å²) in [6.45, 7) is 5.23. The van der Waals surface area contributed by atoms with Crippen LogP contribution in [0.5, 0.6) is 0 Å². The van der Waals surface area contributed by atoms with Gasteiger partial charge in [0, 0.05) is 24.2 Å². The molecule has 2 aromatic carbocycles. The van der Waals surface area contributed by atoms with Crippen LogP contribution in [0.25, 0.3) is 11.1 Å². The number of fused-ring (bicyclic) bond motifs is 3. The van der Waals surface area contributed by atoms with Gasteiger partial charge in [-0.3, -0.25) is 4.79 Å². The number of sulfonamides is 2. The summed E-state index contributed by atoms with van der Waals surface area (Å²) in [7, 11) is -7.56. The van der Waals surface area contributed by atoms with Crippen LogP contribution in [0.1, 0.15) is 210 Å². The molecule has 1 aliphatic rings. The zero-order valence-electron chi connectivity index (χ0n) is 34.0. The van der Waals surface area contributed by atoms with Gasteiger partial charge in [0.2, 0.25) is 20.0 Å². The van der Waals surface area contributed by atoms with Crippen LogP contribution >= 0.6 is 0 Å². The second-order valence-electron chi connectivity index (χ2n) is 15.7. The van der Waals surface area contributed by atoms with Gasteiger partial charge in [0.25, 0.3) is 0 Å². The molecule has 1 aliphatic carbocycles. The highest BCUT2D eigenvalue weighted by molar-refractivity contribution is 7.89. The number of ketones is 1. The molecule has 0 spiro atoms. The summed E-state index contributed by atoms with van der Waals surface area (Å²) in [5.41, 5.74) is 1.82. The summed E-state index contributed by atoms with van der Waals surface area (Å²) in [5.74, 6) is -0.354. The topological polar surface area (TPSA) is 109 Å². The number of benzene rings is 2. The summed E-state index contributed by atoms with van der Waals surface area (Å²) in [4.78, 5) is 13.5. The smallest absolute Gasteiger partial charge is 0.240 e. The third-order valence-electron chi connectivity index (χ3n) is 11.0. The minimum absolute atomic E-state index is 0.0513. The minimum atomic E-state index is -3.78. The fourth-order valence-electron chi connectivity index (χ4n) is 7.59. The van der Waals surface area contributed by atoms with Gasteiger partial charge in [-0.05, 0) is 48.2 Å². The lowest BCUT2D eigenvalue weighted by molar-refractivity contribution is 0.104. The van der Waals surface area contributed by atoms with Crippen molar-refractivity contribution in [2.45, 2.75) is 203 Å². The summed E-state index contributed by atoms with van der Waals surface area (Å²) in [5, 5.41) is 0. The number of carbonyl (C=O) groups excluding carboxylic acids is 1. The Bertz CT molecular complexity index is 1460. The molecule has 0 heterocycles. The third kappa shape index (κ3) is 17.0.